The fourth-order valence-corrected chi connectivity index (χ4v) is 1.45. The Morgan fingerprint density at radius 2 is 2.50 bits per heavy atom. The predicted octanol–water partition coefficient (Wildman–Crippen LogP) is 1.17. The van der Waals surface area contributed by atoms with E-state index in [9.17, 15) is 0 Å². The first kappa shape index (κ1) is 7.55. The largest absolute Gasteiger partial charge is 0.347 e. The molecule has 0 atom stereocenters. The van der Waals surface area contributed by atoms with Crippen molar-refractivity contribution in [2.45, 2.75) is 13.0 Å². The summed E-state index contributed by atoms with van der Waals surface area (Å²) >= 11 is 0. The minimum Gasteiger partial charge on any atom is -0.347 e. The lowest BCUT2D eigenvalue weighted by Gasteiger charge is -2.21. The molecule has 0 amide bonds. The van der Waals surface area contributed by atoms with Crippen molar-refractivity contribution >= 4 is 0 Å². The van der Waals surface area contributed by atoms with E-state index in [1.807, 2.05) is 6.20 Å². The zero-order valence-corrected chi connectivity index (χ0v) is 7.03. The van der Waals surface area contributed by atoms with Gasteiger partial charge in [-0.3, -0.25) is 4.90 Å². The van der Waals surface area contributed by atoms with Gasteiger partial charge in [0.25, 0.3) is 0 Å². The third-order valence-corrected chi connectivity index (χ3v) is 2.09. The van der Waals surface area contributed by atoms with Gasteiger partial charge >= 0.3 is 0 Å². The average Bonchev–Trinajstić information content (AvgIpc) is 2.59. The Balaban J connectivity index is 1.91. The van der Waals surface area contributed by atoms with E-state index in [4.69, 9.17) is 0 Å². The van der Waals surface area contributed by atoms with Crippen molar-refractivity contribution in [3.05, 3.63) is 30.4 Å². The highest BCUT2D eigenvalue weighted by Crippen LogP contribution is 2.05. The summed E-state index contributed by atoms with van der Waals surface area (Å²) in [6.45, 7) is 3.22. The highest BCUT2D eigenvalue weighted by atomic mass is 15.1. The molecule has 1 aliphatic rings. The topological polar surface area (TPSA) is 31.9 Å². The van der Waals surface area contributed by atoms with Crippen molar-refractivity contribution in [3.63, 3.8) is 0 Å². The van der Waals surface area contributed by atoms with E-state index in [2.05, 4.69) is 27.0 Å². The fourth-order valence-electron chi connectivity index (χ4n) is 1.45. The van der Waals surface area contributed by atoms with Crippen molar-refractivity contribution in [1.82, 2.24) is 14.9 Å². The first-order valence-corrected chi connectivity index (χ1v) is 4.30. The van der Waals surface area contributed by atoms with E-state index in [1.54, 1.807) is 6.33 Å². The quantitative estimate of drug-likeness (QED) is 0.664. The van der Waals surface area contributed by atoms with Crippen LogP contribution in [-0.2, 0) is 6.54 Å². The Morgan fingerprint density at radius 1 is 1.50 bits per heavy atom. The smallest absolute Gasteiger partial charge is 0.0922 e. The molecule has 3 nitrogen and oxygen atoms in total. The second-order valence-corrected chi connectivity index (χ2v) is 3.07. The van der Waals surface area contributed by atoms with Crippen molar-refractivity contribution < 1.29 is 0 Å². The van der Waals surface area contributed by atoms with E-state index in [-0.39, 0.29) is 0 Å². The van der Waals surface area contributed by atoms with E-state index in [0.717, 1.165) is 19.6 Å². The highest BCUT2D eigenvalue weighted by Gasteiger charge is 2.06. The summed E-state index contributed by atoms with van der Waals surface area (Å²) in [5, 5.41) is 0. The van der Waals surface area contributed by atoms with Crippen LogP contribution in [0.25, 0.3) is 0 Å². The first-order valence-electron chi connectivity index (χ1n) is 4.30. The fraction of sp³-hybridized carbons (Fsp3) is 0.444. The molecule has 0 unspecified atom stereocenters. The lowest BCUT2D eigenvalue weighted by Crippen LogP contribution is -2.26. The maximum Gasteiger partial charge on any atom is 0.0922 e. The lowest BCUT2D eigenvalue weighted by molar-refractivity contribution is 0.287. The summed E-state index contributed by atoms with van der Waals surface area (Å²) in [6, 6.07) is 0. The van der Waals surface area contributed by atoms with Crippen LogP contribution in [0.5, 0.6) is 0 Å². The van der Waals surface area contributed by atoms with Crippen LogP contribution in [0.2, 0.25) is 0 Å². The van der Waals surface area contributed by atoms with Crippen molar-refractivity contribution in [2.24, 2.45) is 0 Å². The molecule has 3 heteroatoms. The Labute approximate surface area is 72.1 Å². The minimum atomic E-state index is 0.990. The maximum atomic E-state index is 3.99. The Hall–Kier alpha value is -1.09. The van der Waals surface area contributed by atoms with Gasteiger partial charge in [-0.15, -0.1) is 0 Å². The highest BCUT2D eigenvalue weighted by molar-refractivity contribution is 4.97. The monoisotopic (exact) mass is 163 g/mol. The Kier molecular flexibility index (Phi) is 2.23. The molecule has 0 fully saturated rings. The van der Waals surface area contributed by atoms with Crippen molar-refractivity contribution in [3.8, 4) is 0 Å². The van der Waals surface area contributed by atoms with Gasteiger partial charge in [-0.2, -0.15) is 0 Å². The van der Waals surface area contributed by atoms with Crippen molar-refractivity contribution in [1.29, 1.82) is 0 Å². The molecular weight excluding hydrogens is 150 g/mol. The summed E-state index contributed by atoms with van der Waals surface area (Å²) in [7, 11) is 0. The van der Waals surface area contributed by atoms with Crippen molar-refractivity contribution in [2.75, 3.05) is 13.1 Å². The average molecular weight is 163 g/mol. The third kappa shape index (κ3) is 1.74. The van der Waals surface area contributed by atoms with Crippen LogP contribution in [0.3, 0.4) is 0 Å². The van der Waals surface area contributed by atoms with Crippen LogP contribution in [0.15, 0.2) is 24.7 Å². The molecule has 1 N–H and O–H groups in total. The molecule has 2 heterocycles. The van der Waals surface area contributed by atoms with Gasteiger partial charge in [-0.05, 0) is 6.42 Å². The molecule has 1 aliphatic heterocycles. The van der Waals surface area contributed by atoms with Gasteiger partial charge in [0.05, 0.1) is 6.33 Å². The molecule has 12 heavy (non-hydrogen) atoms. The van der Waals surface area contributed by atoms with Gasteiger partial charge in [-0.25, -0.2) is 4.98 Å². The number of hydrogen-bond acceptors (Lipinski definition) is 2. The summed E-state index contributed by atoms with van der Waals surface area (Å²) in [6.07, 6.45) is 9.25. The van der Waals surface area contributed by atoms with Crippen LogP contribution >= 0.6 is 0 Å². The molecular formula is C9H13N3. The molecule has 0 saturated heterocycles. The molecule has 0 saturated carbocycles. The third-order valence-electron chi connectivity index (χ3n) is 2.09. The Morgan fingerprint density at radius 3 is 3.17 bits per heavy atom. The Bertz CT molecular complexity index is 251. The van der Waals surface area contributed by atoms with Gasteiger partial charge in [0, 0.05) is 31.5 Å². The van der Waals surface area contributed by atoms with E-state index >= 15 is 0 Å². The number of H-pyrrole nitrogens is 1. The van der Waals surface area contributed by atoms with Crippen LogP contribution < -0.4 is 0 Å². The summed E-state index contributed by atoms with van der Waals surface area (Å²) < 4.78 is 0. The zero-order valence-electron chi connectivity index (χ0n) is 7.03. The summed E-state index contributed by atoms with van der Waals surface area (Å²) in [5.41, 5.74) is 1.20. The van der Waals surface area contributed by atoms with E-state index in [0.29, 0.717) is 0 Å². The molecule has 0 aromatic carbocycles. The normalized spacial score (nSPS) is 18.3. The van der Waals surface area contributed by atoms with E-state index < -0.39 is 0 Å². The number of rotatable bonds is 2. The number of hydrogen-bond donors (Lipinski definition) is 1. The second kappa shape index (κ2) is 3.54. The molecule has 1 aromatic rings. The second-order valence-electron chi connectivity index (χ2n) is 3.07. The molecule has 2 rings (SSSR count). The summed E-state index contributed by atoms with van der Waals surface area (Å²) in [4.78, 5) is 9.49. The number of aromatic nitrogens is 2. The van der Waals surface area contributed by atoms with Crippen LogP contribution in [0.1, 0.15) is 12.1 Å². The number of aromatic amines is 1. The van der Waals surface area contributed by atoms with Gasteiger partial charge in [0.2, 0.25) is 0 Å². The molecule has 0 aliphatic carbocycles. The number of nitrogens with one attached hydrogen (secondary N) is 1. The van der Waals surface area contributed by atoms with Crippen LogP contribution in [0.4, 0.5) is 0 Å². The molecule has 0 bridgehead atoms. The van der Waals surface area contributed by atoms with Gasteiger partial charge in [0.15, 0.2) is 0 Å². The number of nitrogens with zero attached hydrogens (tertiary/aromatic N) is 2. The maximum absolute atomic E-state index is 3.99. The molecule has 0 radical (unpaired) electrons. The first-order chi connectivity index (χ1) is 5.95. The van der Waals surface area contributed by atoms with E-state index in [1.165, 1.54) is 12.1 Å². The lowest BCUT2D eigenvalue weighted by atomic mass is 10.2. The molecule has 0 spiro atoms. The van der Waals surface area contributed by atoms with Crippen LogP contribution in [-0.4, -0.2) is 28.0 Å². The molecule has 64 valence electrons. The van der Waals surface area contributed by atoms with Crippen LogP contribution in [0, 0.1) is 0 Å². The standard InChI is InChI=1S/C9H13N3/c1-2-4-12(5-3-1)7-9-6-10-8-11-9/h1-2,6,8H,3-5,7H2,(H,10,11). The number of imidazole rings is 1. The molecule has 1 aromatic heterocycles. The zero-order chi connectivity index (χ0) is 8.23. The van der Waals surface area contributed by atoms with Gasteiger partial charge in [-0.1, -0.05) is 12.2 Å². The van der Waals surface area contributed by atoms with Gasteiger partial charge < -0.3 is 4.98 Å². The van der Waals surface area contributed by atoms with Gasteiger partial charge in [0.1, 0.15) is 0 Å². The predicted molar refractivity (Wildman–Crippen MR) is 47.6 cm³/mol. The minimum absolute atomic E-state index is 0.990. The SMILES string of the molecule is C1=CCN(Cc2cnc[nH]2)CC1. The summed E-state index contributed by atoms with van der Waals surface area (Å²) in [5.74, 6) is 0.